The van der Waals surface area contributed by atoms with Crippen molar-refractivity contribution in [2.24, 2.45) is 0 Å². The highest BCUT2D eigenvalue weighted by Crippen LogP contribution is 2.20. The molecule has 0 saturated carbocycles. The van der Waals surface area contributed by atoms with E-state index < -0.39 is 11.7 Å². The summed E-state index contributed by atoms with van der Waals surface area (Å²) >= 11 is 6.30. The smallest absolute Gasteiger partial charge is 0.257 e. The maximum atomic E-state index is 13.2. The zero-order chi connectivity index (χ0) is 14.0. The van der Waals surface area contributed by atoms with Gasteiger partial charge in [-0.25, -0.2) is 14.4 Å². The Labute approximate surface area is 124 Å². The van der Waals surface area contributed by atoms with Crippen LogP contribution >= 0.6 is 31.9 Å². The van der Waals surface area contributed by atoms with Crippen molar-refractivity contribution in [1.29, 1.82) is 0 Å². The maximum absolute atomic E-state index is 13.2. The molecule has 19 heavy (non-hydrogen) atoms. The monoisotopic (exact) mass is 388 g/mol. The van der Waals surface area contributed by atoms with Gasteiger partial charge in [0.1, 0.15) is 15.0 Å². The molecule has 1 aromatic carbocycles. The van der Waals surface area contributed by atoms with Crippen molar-refractivity contribution in [2.75, 3.05) is 11.1 Å². The molecule has 98 valence electrons. The standard InChI is InChI=1S/C11H7Br2FN4O/c12-8-4-16-10(9(13)17-8)18-11(19)5-1-6(14)3-7(15)2-5/h1-4H,15H2,(H,16,18,19). The summed E-state index contributed by atoms with van der Waals surface area (Å²) in [7, 11) is 0. The Hall–Kier alpha value is -1.54. The van der Waals surface area contributed by atoms with Crippen LogP contribution in [0.4, 0.5) is 15.9 Å². The molecule has 0 radical (unpaired) electrons. The third-order valence-corrected chi connectivity index (χ3v) is 3.05. The lowest BCUT2D eigenvalue weighted by Gasteiger charge is -2.06. The molecule has 0 atom stereocenters. The van der Waals surface area contributed by atoms with Crippen molar-refractivity contribution in [3.8, 4) is 0 Å². The van der Waals surface area contributed by atoms with Gasteiger partial charge >= 0.3 is 0 Å². The summed E-state index contributed by atoms with van der Waals surface area (Å²) < 4.78 is 14.0. The summed E-state index contributed by atoms with van der Waals surface area (Å²) in [5, 5.41) is 2.51. The number of nitrogens with zero attached hydrogens (tertiary/aromatic N) is 2. The molecule has 1 aromatic heterocycles. The maximum Gasteiger partial charge on any atom is 0.257 e. The lowest BCUT2D eigenvalue weighted by atomic mass is 10.2. The van der Waals surface area contributed by atoms with Crippen LogP contribution in [-0.2, 0) is 0 Å². The van der Waals surface area contributed by atoms with Gasteiger partial charge in [0.2, 0.25) is 0 Å². The summed E-state index contributed by atoms with van der Waals surface area (Å²) in [5.74, 6) is -0.870. The SMILES string of the molecule is Nc1cc(F)cc(C(=O)Nc2ncc(Br)nc2Br)c1. The summed E-state index contributed by atoms with van der Waals surface area (Å²) in [6.07, 6.45) is 1.43. The van der Waals surface area contributed by atoms with Crippen molar-refractivity contribution < 1.29 is 9.18 Å². The molecule has 2 rings (SSSR count). The van der Waals surface area contributed by atoms with E-state index in [2.05, 4.69) is 47.1 Å². The number of carbonyl (C=O) groups is 1. The number of anilines is 2. The van der Waals surface area contributed by atoms with Crippen molar-refractivity contribution in [3.05, 3.63) is 45.0 Å². The highest BCUT2D eigenvalue weighted by atomic mass is 79.9. The minimum Gasteiger partial charge on any atom is -0.399 e. The Morgan fingerprint density at radius 3 is 2.68 bits per heavy atom. The van der Waals surface area contributed by atoms with Crippen molar-refractivity contribution in [1.82, 2.24) is 9.97 Å². The van der Waals surface area contributed by atoms with E-state index in [9.17, 15) is 9.18 Å². The highest BCUT2D eigenvalue weighted by Gasteiger charge is 2.12. The van der Waals surface area contributed by atoms with Gasteiger partial charge in [0, 0.05) is 11.3 Å². The minimum atomic E-state index is -0.578. The molecular weight excluding hydrogens is 383 g/mol. The first-order chi connectivity index (χ1) is 8.95. The Morgan fingerprint density at radius 2 is 2.05 bits per heavy atom. The zero-order valence-corrected chi connectivity index (χ0v) is 12.5. The van der Waals surface area contributed by atoms with E-state index >= 15 is 0 Å². The molecule has 3 N–H and O–H groups in total. The van der Waals surface area contributed by atoms with Gasteiger partial charge in [0.25, 0.3) is 5.91 Å². The molecule has 0 aliphatic rings. The van der Waals surface area contributed by atoms with Gasteiger partial charge in [-0.05, 0) is 50.1 Å². The third kappa shape index (κ3) is 3.48. The topological polar surface area (TPSA) is 80.9 Å². The van der Waals surface area contributed by atoms with Crippen molar-refractivity contribution in [2.45, 2.75) is 0 Å². The van der Waals surface area contributed by atoms with Crippen LogP contribution in [0.15, 0.2) is 33.6 Å². The van der Waals surface area contributed by atoms with E-state index in [-0.39, 0.29) is 17.1 Å². The number of carbonyl (C=O) groups excluding carboxylic acids is 1. The van der Waals surface area contributed by atoms with E-state index in [4.69, 9.17) is 5.73 Å². The Morgan fingerprint density at radius 1 is 1.32 bits per heavy atom. The first-order valence-electron chi connectivity index (χ1n) is 5.01. The van der Waals surface area contributed by atoms with Gasteiger partial charge < -0.3 is 11.1 Å². The quantitative estimate of drug-likeness (QED) is 0.773. The van der Waals surface area contributed by atoms with Crippen LogP contribution in [0.2, 0.25) is 0 Å². The molecule has 0 saturated heterocycles. The van der Waals surface area contributed by atoms with Crippen LogP contribution in [0, 0.1) is 5.82 Å². The van der Waals surface area contributed by atoms with Crippen LogP contribution in [0.5, 0.6) is 0 Å². The molecule has 8 heteroatoms. The summed E-state index contributed by atoms with van der Waals surface area (Å²) in [5.41, 5.74) is 5.75. The lowest BCUT2D eigenvalue weighted by Crippen LogP contribution is -2.14. The van der Waals surface area contributed by atoms with Crippen LogP contribution in [-0.4, -0.2) is 15.9 Å². The molecule has 1 amide bonds. The molecule has 2 aromatic rings. The summed E-state index contributed by atoms with van der Waals surface area (Å²) in [4.78, 5) is 19.9. The summed E-state index contributed by atoms with van der Waals surface area (Å²) in [6.45, 7) is 0. The van der Waals surface area contributed by atoms with Crippen LogP contribution in [0.1, 0.15) is 10.4 Å². The first kappa shape index (κ1) is 13.9. The average molecular weight is 390 g/mol. The van der Waals surface area contributed by atoms with Crippen LogP contribution in [0.25, 0.3) is 0 Å². The van der Waals surface area contributed by atoms with Crippen molar-refractivity contribution in [3.63, 3.8) is 0 Å². The van der Waals surface area contributed by atoms with Gasteiger partial charge in [-0.15, -0.1) is 0 Å². The Bertz CT molecular complexity index is 630. The fourth-order valence-corrected chi connectivity index (χ4v) is 2.26. The van der Waals surface area contributed by atoms with E-state index in [1.807, 2.05) is 0 Å². The number of nitrogens with two attached hydrogens (primary N) is 1. The molecule has 0 unspecified atom stereocenters. The summed E-state index contributed by atoms with van der Waals surface area (Å²) in [6, 6.07) is 3.59. The molecule has 0 aliphatic carbocycles. The molecule has 0 fully saturated rings. The van der Waals surface area contributed by atoms with Gasteiger partial charge in [-0.1, -0.05) is 0 Å². The van der Waals surface area contributed by atoms with Gasteiger partial charge in [-0.2, -0.15) is 0 Å². The third-order valence-electron chi connectivity index (χ3n) is 2.11. The molecule has 0 spiro atoms. The molecule has 0 aliphatic heterocycles. The fourth-order valence-electron chi connectivity index (χ4n) is 1.35. The number of amides is 1. The lowest BCUT2D eigenvalue weighted by molar-refractivity contribution is 0.102. The molecule has 5 nitrogen and oxygen atoms in total. The Kier molecular flexibility index (Phi) is 4.11. The van der Waals surface area contributed by atoms with Crippen LogP contribution in [0.3, 0.4) is 0 Å². The Balaban J connectivity index is 2.25. The number of nitrogens with one attached hydrogen (secondary N) is 1. The van der Waals surface area contributed by atoms with E-state index in [1.165, 1.54) is 12.3 Å². The van der Waals surface area contributed by atoms with E-state index in [0.29, 0.717) is 9.21 Å². The minimum absolute atomic E-state index is 0.106. The van der Waals surface area contributed by atoms with E-state index in [1.54, 1.807) is 0 Å². The number of aromatic nitrogens is 2. The first-order valence-corrected chi connectivity index (χ1v) is 6.60. The predicted molar refractivity (Wildman–Crippen MR) is 76.2 cm³/mol. The number of hydrogen-bond acceptors (Lipinski definition) is 4. The number of benzene rings is 1. The fraction of sp³-hybridized carbons (Fsp3) is 0. The van der Waals surface area contributed by atoms with E-state index in [0.717, 1.165) is 12.1 Å². The highest BCUT2D eigenvalue weighted by molar-refractivity contribution is 9.11. The van der Waals surface area contributed by atoms with Crippen LogP contribution < -0.4 is 11.1 Å². The normalized spacial score (nSPS) is 10.3. The predicted octanol–water partition coefficient (Wildman–Crippen LogP) is 2.98. The number of nitrogen functional groups attached to an aromatic ring is 1. The second-order valence-electron chi connectivity index (χ2n) is 3.56. The molecule has 0 bridgehead atoms. The van der Waals surface area contributed by atoms with Gasteiger partial charge in [-0.3, -0.25) is 4.79 Å². The molecule has 1 heterocycles. The number of rotatable bonds is 2. The number of halogens is 3. The average Bonchev–Trinajstić information content (AvgIpc) is 2.31. The van der Waals surface area contributed by atoms with Gasteiger partial charge in [0.05, 0.1) is 6.20 Å². The largest absolute Gasteiger partial charge is 0.399 e. The number of hydrogen-bond donors (Lipinski definition) is 2. The second-order valence-corrected chi connectivity index (χ2v) is 5.12. The molecular formula is C11H7Br2FN4O. The zero-order valence-electron chi connectivity index (χ0n) is 9.32. The second kappa shape index (κ2) is 5.62. The van der Waals surface area contributed by atoms with Crippen molar-refractivity contribution >= 4 is 49.3 Å². The van der Waals surface area contributed by atoms with Gasteiger partial charge in [0.15, 0.2) is 5.82 Å².